The molecule has 3 N–H and O–H groups in total. The first kappa shape index (κ1) is 14.5. The van der Waals surface area contributed by atoms with E-state index in [1.807, 2.05) is 24.3 Å². The minimum Gasteiger partial charge on any atom is -0.392 e. The highest BCUT2D eigenvalue weighted by molar-refractivity contribution is 9.10. The predicted molar refractivity (Wildman–Crippen MR) is 79.0 cm³/mol. The number of nitrogens with one attached hydrogen (secondary N) is 2. The molecule has 1 aliphatic carbocycles. The Balaban J connectivity index is 1.76. The molecule has 1 aliphatic rings. The second-order valence-corrected chi connectivity index (χ2v) is 5.81. The Bertz CT molecular complexity index is 422. The highest BCUT2D eigenvalue weighted by Crippen LogP contribution is 2.18. The van der Waals surface area contributed by atoms with Crippen molar-refractivity contribution in [2.24, 2.45) is 0 Å². The van der Waals surface area contributed by atoms with Crippen LogP contribution in [-0.4, -0.2) is 29.7 Å². The number of aliphatic hydroxyl groups is 1. The van der Waals surface area contributed by atoms with Crippen molar-refractivity contribution in [3.05, 3.63) is 28.7 Å². The van der Waals surface area contributed by atoms with E-state index in [-0.39, 0.29) is 24.6 Å². The lowest BCUT2D eigenvalue weighted by atomic mass is 9.93. The number of amides is 1. The Morgan fingerprint density at radius 2 is 1.95 bits per heavy atom. The van der Waals surface area contributed by atoms with Gasteiger partial charge in [0.1, 0.15) is 0 Å². The van der Waals surface area contributed by atoms with Gasteiger partial charge >= 0.3 is 0 Å². The Hall–Kier alpha value is -0.910. The average Bonchev–Trinajstić information content (AvgIpc) is 2.40. The third kappa shape index (κ3) is 4.60. The molecule has 104 valence electrons. The average molecular weight is 327 g/mol. The molecule has 0 heterocycles. The number of hydrogen-bond acceptors (Lipinski definition) is 3. The van der Waals surface area contributed by atoms with Gasteiger partial charge in [-0.1, -0.05) is 28.8 Å². The second-order valence-electron chi connectivity index (χ2n) is 4.89. The molecule has 0 saturated heterocycles. The summed E-state index contributed by atoms with van der Waals surface area (Å²) in [4.78, 5) is 11.8. The molecular formula is C14H19BrN2O2. The van der Waals surface area contributed by atoms with Gasteiger partial charge in [0, 0.05) is 16.2 Å². The number of rotatable bonds is 4. The molecule has 19 heavy (non-hydrogen) atoms. The van der Waals surface area contributed by atoms with Crippen molar-refractivity contribution in [1.82, 2.24) is 5.32 Å². The SMILES string of the molecule is O=C(CNC1CCCCC1O)Nc1ccc(Br)cc1. The quantitative estimate of drug-likeness (QED) is 0.795. The zero-order valence-electron chi connectivity index (χ0n) is 10.7. The zero-order chi connectivity index (χ0) is 13.7. The molecule has 1 amide bonds. The van der Waals surface area contributed by atoms with Crippen LogP contribution in [0.2, 0.25) is 0 Å². The van der Waals surface area contributed by atoms with Crippen LogP contribution in [-0.2, 0) is 4.79 Å². The van der Waals surface area contributed by atoms with Crippen LogP contribution in [0.4, 0.5) is 5.69 Å². The van der Waals surface area contributed by atoms with E-state index in [9.17, 15) is 9.90 Å². The van der Waals surface area contributed by atoms with Crippen LogP contribution in [0.5, 0.6) is 0 Å². The maximum atomic E-state index is 11.8. The molecule has 1 aromatic carbocycles. The second kappa shape index (κ2) is 7.03. The predicted octanol–water partition coefficient (Wildman–Crippen LogP) is 2.28. The molecule has 1 saturated carbocycles. The third-order valence-electron chi connectivity index (χ3n) is 3.38. The van der Waals surface area contributed by atoms with Crippen molar-refractivity contribution in [3.8, 4) is 0 Å². The van der Waals surface area contributed by atoms with Gasteiger partial charge < -0.3 is 15.7 Å². The van der Waals surface area contributed by atoms with Gasteiger partial charge in [-0.2, -0.15) is 0 Å². The largest absolute Gasteiger partial charge is 0.392 e. The van der Waals surface area contributed by atoms with E-state index < -0.39 is 0 Å². The van der Waals surface area contributed by atoms with Gasteiger partial charge in [0.2, 0.25) is 5.91 Å². The van der Waals surface area contributed by atoms with Crippen LogP contribution in [0, 0.1) is 0 Å². The molecule has 0 aromatic heterocycles. The van der Waals surface area contributed by atoms with Gasteiger partial charge in [-0.05, 0) is 37.1 Å². The van der Waals surface area contributed by atoms with Gasteiger partial charge in [0.05, 0.1) is 12.6 Å². The number of hydrogen-bond donors (Lipinski definition) is 3. The summed E-state index contributed by atoms with van der Waals surface area (Å²) in [6.07, 6.45) is 3.63. The zero-order valence-corrected chi connectivity index (χ0v) is 12.3. The Morgan fingerprint density at radius 1 is 1.26 bits per heavy atom. The Morgan fingerprint density at radius 3 is 2.63 bits per heavy atom. The Labute approximate surface area is 121 Å². The number of carbonyl (C=O) groups excluding carboxylic acids is 1. The number of carbonyl (C=O) groups is 1. The van der Waals surface area contributed by atoms with Crippen LogP contribution in [0.3, 0.4) is 0 Å². The molecule has 1 fully saturated rings. The Kier molecular flexibility index (Phi) is 5.36. The molecule has 0 spiro atoms. The monoisotopic (exact) mass is 326 g/mol. The lowest BCUT2D eigenvalue weighted by Crippen LogP contribution is -2.45. The number of aliphatic hydroxyl groups excluding tert-OH is 1. The van der Waals surface area contributed by atoms with Crippen molar-refractivity contribution in [3.63, 3.8) is 0 Å². The molecule has 2 atom stereocenters. The first-order chi connectivity index (χ1) is 9.15. The maximum absolute atomic E-state index is 11.8. The first-order valence-corrected chi connectivity index (χ1v) is 7.41. The number of anilines is 1. The molecule has 5 heteroatoms. The molecule has 0 aliphatic heterocycles. The van der Waals surface area contributed by atoms with Crippen molar-refractivity contribution in [2.45, 2.75) is 37.8 Å². The summed E-state index contributed by atoms with van der Waals surface area (Å²) >= 11 is 3.35. The highest BCUT2D eigenvalue weighted by Gasteiger charge is 2.22. The minimum absolute atomic E-state index is 0.0458. The lowest BCUT2D eigenvalue weighted by molar-refractivity contribution is -0.115. The summed E-state index contributed by atoms with van der Waals surface area (Å²) in [7, 11) is 0. The van der Waals surface area contributed by atoms with E-state index in [1.54, 1.807) is 0 Å². The van der Waals surface area contributed by atoms with E-state index in [0.29, 0.717) is 0 Å². The van der Waals surface area contributed by atoms with Gasteiger partial charge in [-0.15, -0.1) is 0 Å². The highest BCUT2D eigenvalue weighted by atomic mass is 79.9. The summed E-state index contributed by atoms with van der Waals surface area (Å²) in [5, 5.41) is 15.8. The van der Waals surface area contributed by atoms with Crippen LogP contribution in [0.15, 0.2) is 28.7 Å². The van der Waals surface area contributed by atoms with Crippen LogP contribution >= 0.6 is 15.9 Å². The van der Waals surface area contributed by atoms with E-state index in [1.165, 1.54) is 0 Å². The minimum atomic E-state index is -0.325. The summed E-state index contributed by atoms with van der Waals surface area (Å²) in [6.45, 7) is 0.234. The molecule has 1 aromatic rings. The fourth-order valence-electron chi connectivity index (χ4n) is 2.31. The summed E-state index contributed by atoms with van der Waals surface area (Å²) in [6, 6.07) is 7.50. The van der Waals surface area contributed by atoms with Crippen LogP contribution in [0.1, 0.15) is 25.7 Å². The van der Waals surface area contributed by atoms with Gasteiger partial charge in [0.25, 0.3) is 0 Å². The molecule has 4 nitrogen and oxygen atoms in total. The van der Waals surface area contributed by atoms with Gasteiger partial charge in [-0.3, -0.25) is 4.79 Å². The van der Waals surface area contributed by atoms with E-state index >= 15 is 0 Å². The summed E-state index contributed by atoms with van der Waals surface area (Å²) in [5.74, 6) is -0.0832. The van der Waals surface area contributed by atoms with Crippen molar-refractivity contribution < 1.29 is 9.90 Å². The third-order valence-corrected chi connectivity index (χ3v) is 3.91. The van der Waals surface area contributed by atoms with Crippen LogP contribution in [0.25, 0.3) is 0 Å². The van der Waals surface area contributed by atoms with Gasteiger partial charge in [0.15, 0.2) is 0 Å². The summed E-state index contributed by atoms with van der Waals surface area (Å²) < 4.78 is 0.981. The van der Waals surface area contributed by atoms with Gasteiger partial charge in [-0.25, -0.2) is 0 Å². The van der Waals surface area contributed by atoms with E-state index in [4.69, 9.17) is 0 Å². The van der Waals surface area contributed by atoms with Crippen molar-refractivity contribution in [2.75, 3.05) is 11.9 Å². The summed E-state index contributed by atoms with van der Waals surface area (Å²) in [5.41, 5.74) is 0.777. The molecular weight excluding hydrogens is 308 g/mol. The maximum Gasteiger partial charge on any atom is 0.238 e. The molecule has 0 radical (unpaired) electrons. The van der Waals surface area contributed by atoms with E-state index in [0.717, 1.165) is 35.8 Å². The first-order valence-electron chi connectivity index (χ1n) is 6.62. The normalized spacial score (nSPS) is 23.1. The number of halogens is 1. The van der Waals surface area contributed by atoms with E-state index in [2.05, 4.69) is 26.6 Å². The molecule has 0 bridgehead atoms. The molecule has 2 unspecified atom stereocenters. The number of benzene rings is 1. The fourth-order valence-corrected chi connectivity index (χ4v) is 2.58. The van der Waals surface area contributed by atoms with Crippen molar-refractivity contribution in [1.29, 1.82) is 0 Å². The topological polar surface area (TPSA) is 61.4 Å². The molecule has 2 rings (SSSR count). The lowest BCUT2D eigenvalue weighted by Gasteiger charge is -2.28. The van der Waals surface area contributed by atoms with Crippen LogP contribution < -0.4 is 10.6 Å². The standard InChI is InChI=1S/C14H19BrN2O2/c15-10-5-7-11(8-6-10)17-14(19)9-16-12-3-1-2-4-13(12)18/h5-8,12-13,16,18H,1-4,9H2,(H,17,19). The van der Waals surface area contributed by atoms with Crippen molar-refractivity contribution >= 4 is 27.5 Å². The smallest absolute Gasteiger partial charge is 0.238 e. The fraction of sp³-hybridized carbons (Fsp3) is 0.500.